The van der Waals surface area contributed by atoms with Gasteiger partial charge in [-0.1, -0.05) is 35.3 Å². The van der Waals surface area contributed by atoms with Crippen LogP contribution in [0.15, 0.2) is 30.6 Å². The lowest BCUT2D eigenvalue weighted by Crippen LogP contribution is -1.91. The molecule has 1 aromatic carbocycles. The van der Waals surface area contributed by atoms with E-state index >= 15 is 0 Å². The Morgan fingerprint density at radius 3 is 2.67 bits per heavy atom. The first-order chi connectivity index (χ1) is 7.18. The van der Waals surface area contributed by atoms with E-state index in [1.807, 2.05) is 31.2 Å². The van der Waals surface area contributed by atoms with E-state index in [0.29, 0.717) is 10.2 Å². The van der Waals surface area contributed by atoms with Crippen molar-refractivity contribution in [2.45, 2.75) is 6.92 Å². The summed E-state index contributed by atoms with van der Waals surface area (Å²) >= 11 is 11.8. The monoisotopic (exact) mass is 238 g/mol. The van der Waals surface area contributed by atoms with Gasteiger partial charge in [-0.15, -0.1) is 0 Å². The van der Waals surface area contributed by atoms with E-state index < -0.39 is 0 Å². The molecule has 4 heteroatoms. The summed E-state index contributed by atoms with van der Waals surface area (Å²) in [5, 5.41) is 1.15. The van der Waals surface area contributed by atoms with Gasteiger partial charge in [0.15, 0.2) is 0 Å². The van der Waals surface area contributed by atoms with Crippen LogP contribution in [0.25, 0.3) is 11.3 Å². The molecule has 2 nitrogen and oxygen atoms in total. The summed E-state index contributed by atoms with van der Waals surface area (Å²) in [6, 6.07) is 7.50. The molecule has 0 atom stereocenters. The molecule has 0 unspecified atom stereocenters. The maximum absolute atomic E-state index is 5.92. The Morgan fingerprint density at radius 1 is 1.13 bits per heavy atom. The molecule has 2 aromatic rings. The minimum Gasteiger partial charge on any atom is -0.236 e. The molecule has 0 bridgehead atoms. The Kier molecular flexibility index (Phi) is 2.89. The fourth-order valence-electron chi connectivity index (χ4n) is 1.36. The van der Waals surface area contributed by atoms with Crippen LogP contribution in [0.1, 0.15) is 5.56 Å². The van der Waals surface area contributed by atoms with Crippen molar-refractivity contribution in [2.24, 2.45) is 0 Å². The van der Waals surface area contributed by atoms with Crippen LogP contribution in [-0.4, -0.2) is 9.97 Å². The van der Waals surface area contributed by atoms with Crippen LogP contribution in [0.5, 0.6) is 0 Å². The summed E-state index contributed by atoms with van der Waals surface area (Å²) in [7, 11) is 0. The summed E-state index contributed by atoms with van der Waals surface area (Å²) in [5.74, 6) is 0. The molecule has 0 aliphatic carbocycles. The van der Waals surface area contributed by atoms with E-state index in [0.717, 1.165) is 16.8 Å². The second kappa shape index (κ2) is 4.17. The summed E-state index contributed by atoms with van der Waals surface area (Å²) in [4.78, 5) is 8.10. The van der Waals surface area contributed by atoms with Crippen molar-refractivity contribution in [3.05, 3.63) is 46.3 Å². The van der Waals surface area contributed by atoms with Gasteiger partial charge in [0, 0.05) is 16.1 Å². The highest BCUT2D eigenvalue weighted by molar-refractivity contribution is 6.31. The maximum Gasteiger partial charge on any atom is 0.135 e. The van der Waals surface area contributed by atoms with Crippen LogP contribution in [0, 0.1) is 6.92 Å². The molecule has 1 heterocycles. The molecule has 0 aliphatic heterocycles. The zero-order valence-electron chi connectivity index (χ0n) is 8.04. The standard InChI is InChI=1S/C11H8Cl2N2/c1-7-10(14-6-15-11(7)13)8-3-2-4-9(12)5-8/h2-6H,1H3. The van der Waals surface area contributed by atoms with Crippen LogP contribution in [0.4, 0.5) is 0 Å². The number of aromatic nitrogens is 2. The van der Waals surface area contributed by atoms with Gasteiger partial charge in [-0.05, 0) is 19.1 Å². The molecule has 76 valence electrons. The van der Waals surface area contributed by atoms with Crippen molar-refractivity contribution in [3.63, 3.8) is 0 Å². The molecule has 0 amide bonds. The van der Waals surface area contributed by atoms with Crippen LogP contribution >= 0.6 is 23.2 Å². The third kappa shape index (κ3) is 2.11. The highest BCUT2D eigenvalue weighted by Crippen LogP contribution is 2.26. The molecular formula is C11H8Cl2N2. The lowest BCUT2D eigenvalue weighted by Gasteiger charge is -2.05. The van der Waals surface area contributed by atoms with Crippen LogP contribution in [-0.2, 0) is 0 Å². The van der Waals surface area contributed by atoms with Crippen LogP contribution in [0.3, 0.4) is 0 Å². The van der Waals surface area contributed by atoms with Gasteiger partial charge in [0.1, 0.15) is 11.5 Å². The average Bonchev–Trinajstić information content (AvgIpc) is 2.22. The van der Waals surface area contributed by atoms with E-state index in [4.69, 9.17) is 23.2 Å². The zero-order valence-corrected chi connectivity index (χ0v) is 9.55. The van der Waals surface area contributed by atoms with Crippen LogP contribution in [0.2, 0.25) is 10.2 Å². The van der Waals surface area contributed by atoms with Crippen LogP contribution < -0.4 is 0 Å². The molecular weight excluding hydrogens is 231 g/mol. The highest BCUT2D eigenvalue weighted by atomic mass is 35.5. The van der Waals surface area contributed by atoms with Crippen molar-refractivity contribution < 1.29 is 0 Å². The van der Waals surface area contributed by atoms with Gasteiger partial charge in [-0.3, -0.25) is 0 Å². The van der Waals surface area contributed by atoms with Gasteiger partial charge < -0.3 is 0 Å². The third-order valence-electron chi connectivity index (χ3n) is 2.12. The Bertz CT molecular complexity index is 498. The molecule has 0 radical (unpaired) electrons. The first-order valence-corrected chi connectivity index (χ1v) is 5.17. The Balaban J connectivity index is 2.59. The summed E-state index contributed by atoms with van der Waals surface area (Å²) in [6.07, 6.45) is 1.45. The number of benzene rings is 1. The third-order valence-corrected chi connectivity index (χ3v) is 2.74. The molecule has 0 saturated carbocycles. The molecule has 0 aliphatic rings. The molecule has 0 saturated heterocycles. The quantitative estimate of drug-likeness (QED) is 0.708. The minimum atomic E-state index is 0.472. The molecule has 2 rings (SSSR count). The van der Waals surface area contributed by atoms with E-state index in [-0.39, 0.29) is 0 Å². The topological polar surface area (TPSA) is 25.8 Å². The smallest absolute Gasteiger partial charge is 0.135 e. The molecule has 0 fully saturated rings. The van der Waals surface area contributed by atoms with E-state index in [2.05, 4.69) is 9.97 Å². The van der Waals surface area contributed by atoms with Gasteiger partial charge in [0.05, 0.1) is 5.69 Å². The molecule has 15 heavy (non-hydrogen) atoms. The van der Waals surface area contributed by atoms with Crippen molar-refractivity contribution in [1.82, 2.24) is 9.97 Å². The average molecular weight is 239 g/mol. The molecule has 0 spiro atoms. The Labute approximate surface area is 97.9 Å². The van der Waals surface area contributed by atoms with Gasteiger partial charge in [-0.2, -0.15) is 0 Å². The predicted molar refractivity (Wildman–Crippen MR) is 62.2 cm³/mol. The molecule has 1 aromatic heterocycles. The van der Waals surface area contributed by atoms with Crippen molar-refractivity contribution >= 4 is 23.2 Å². The van der Waals surface area contributed by atoms with E-state index in [1.54, 1.807) is 0 Å². The fraction of sp³-hybridized carbons (Fsp3) is 0.0909. The van der Waals surface area contributed by atoms with E-state index in [1.165, 1.54) is 6.33 Å². The minimum absolute atomic E-state index is 0.472. The Morgan fingerprint density at radius 2 is 1.93 bits per heavy atom. The number of rotatable bonds is 1. The second-order valence-corrected chi connectivity index (χ2v) is 3.94. The first-order valence-electron chi connectivity index (χ1n) is 4.41. The van der Waals surface area contributed by atoms with Crippen molar-refractivity contribution in [3.8, 4) is 11.3 Å². The highest BCUT2D eigenvalue weighted by Gasteiger charge is 2.07. The predicted octanol–water partition coefficient (Wildman–Crippen LogP) is 3.76. The fourth-order valence-corrected chi connectivity index (χ4v) is 1.68. The van der Waals surface area contributed by atoms with Gasteiger partial charge >= 0.3 is 0 Å². The largest absolute Gasteiger partial charge is 0.236 e. The number of hydrogen-bond donors (Lipinski definition) is 0. The van der Waals surface area contributed by atoms with E-state index in [9.17, 15) is 0 Å². The summed E-state index contributed by atoms with van der Waals surface area (Å²) in [5.41, 5.74) is 2.63. The normalized spacial score (nSPS) is 10.3. The second-order valence-electron chi connectivity index (χ2n) is 3.15. The lowest BCUT2D eigenvalue weighted by molar-refractivity contribution is 1.13. The lowest BCUT2D eigenvalue weighted by atomic mass is 10.1. The number of hydrogen-bond acceptors (Lipinski definition) is 2. The number of nitrogens with zero attached hydrogens (tertiary/aromatic N) is 2. The van der Waals surface area contributed by atoms with Gasteiger partial charge in [-0.25, -0.2) is 9.97 Å². The summed E-state index contributed by atoms with van der Waals surface area (Å²) < 4.78 is 0. The number of halogens is 2. The maximum atomic E-state index is 5.92. The summed E-state index contributed by atoms with van der Waals surface area (Å²) in [6.45, 7) is 1.89. The molecule has 0 N–H and O–H groups in total. The zero-order chi connectivity index (χ0) is 10.8. The first kappa shape index (κ1) is 10.4. The Hall–Kier alpha value is -1.12. The SMILES string of the molecule is Cc1c(Cl)ncnc1-c1cccc(Cl)c1. The van der Waals surface area contributed by atoms with Crippen molar-refractivity contribution in [1.29, 1.82) is 0 Å². The van der Waals surface area contributed by atoms with Gasteiger partial charge in [0.2, 0.25) is 0 Å². The van der Waals surface area contributed by atoms with Gasteiger partial charge in [0.25, 0.3) is 0 Å². The van der Waals surface area contributed by atoms with Crippen molar-refractivity contribution in [2.75, 3.05) is 0 Å².